The number of pyridine rings is 1. The van der Waals surface area contributed by atoms with Gasteiger partial charge in [-0.2, -0.15) is 18.7 Å². The summed E-state index contributed by atoms with van der Waals surface area (Å²) in [6.45, 7) is 6.12. The predicted molar refractivity (Wildman–Crippen MR) is 120 cm³/mol. The molecule has 0 unspecified atom stereocenters. The highest BCUT2D eigenvalue weighted by molar-refractivity contribution is 7.86. The molecule has 3 rings (SSSR count). The number of methoxy groups -OCH3 is 1. The van der Waals surface area contributed by atoms with Crippen molar-refractivity contribution in [2.24, 2.45) is 0 Å². The highest BCUT2D eigenvalue weighted by atomic mass is 32.2. The number of nitrogens with one attached hydrogen (secondary N) is 1. The van der Waals surface area contributed by atoms with Crippen molar-refractivity contribution in [3.8, 4) is 11.6 Å². The van der Waals surface area contributed by atoms with Crippen LogP contribution in [0.2, 0.25) is 0 Å². The summed E-state index contributed by atoms with van der Waals surface area (Å²) in [4.78, 5) is 10.8. The zero-order valence-corrected chi connectivity index (χ0v) is 20.1. The van der Waals surface area contributed by atoms with Gasteiger partial charge >= 0.3 is 6.18 Å². The van der Waals surface area contributed by atoms with Crippen LogP contribution in [0.15, 0.2) is 60.1 Å². The Morgan fingerprint density at radius 2 is 2.06 bits per heavy atom. The molecule has 0 amide bonds. The minimum absolute atomic E-state index is 0.137. The van der Waals surface area contributed by atoms with Gasteiger partial charge in [-0.05, 0) is 26.0 Å². The second kappa shape index (κ2) is 10.8. The van der Waals surface area contributed by atoms with E-state index in [9.17, 15) is 21.8 Å². The first-order chi connectivity index (χ1) is 16.4. The summed E-state index contributed by atoms with van der Waals surface area (Å²) in [5.74, 6) is -0.224. The summed E-state index contributed by atoms with van der Waals surface area (Å²) in [5.41, 5.74) is 3.73. The lowest BCUT2D eigenvalue weighted by atomic mass is 10.1. The molecule has 0 saturated carbocycles. The SMILES string of the molecule is C=C1C=CC(Oc2ncc(F)cc2OCC(F)(F)F)=CN1/C(OC)=C(\C)CONC1(C)CS(=O)C1. The molecule has 1 N–H and O–H groups in total. The molecule has 1 aromatic heterocycles. The summed E-state index contributed by atoms with van der Waals surface area (Å²) < 4.78 is 78.3. The van der Waals surface area contributed by atoms with E-state index in [-0.39, 0.29) is 23.8 Å². The summed E-state index contributed by atoms with van der Waals surface area (Å²) in [5, 5.41) is 0. The molecule has 0 aliphatic carbocycles. The van der Waals surface area contributed by atoms with Gasteiger partial charge in [-0.15, -0.1) is 0 Å². The lowest BCUT2D eigenvalue weighted by molar-refractivity contribution is -0.153. The molecular weight excluding hydrogens is 494 g/mol. The summed E-state index contributed by atoms with van der Waals surface area (Å²) in [6.07, 6.45) is 0.752. The van der Waals surface area contributed by atoms with Gasteiger partial charge in [0.25, 0.3) is 5.88 Å². The second-order valence-electron chi connectivity index (χ2n) is 8.16. The van der Waals surface area contributed by atoms with Crippen molar-refractivity contribution in [2.75, 3.05) is 31.8 Å². The van der Waals surface area contributed by atoms with E-state index in [0.29, 0.717) is 28.7 Å². The molecule has 0 atom stereocenters. The molecule has 3 heterocycles. The Labute approximate surface area is 202 Å². The number of hydroxylamine groups is 1. The maximum atomic E-state index is 13.5. The molecule has 35 heavy (non-hydrogen) atoms. The minimum atomic E-state index is -4.62. The predicted octanol–water partition coefficient (Wildman–Crippen LogP) is 3.69. The van der Waals surface area contributed by atoms with E-state index in [2.05, 4.69) is 21.8 Å². The quantitative estimate of drug-likeness (QED) is 0.285. The lowest BCUT2D eigenvalue weighted by Crippen LogP contribution is -2.59. The van der Waals surface area contributed by atoms with Crippen molar-refractivity contribution in [2.45, 2.75) is 25.6 Å². The smallest absolute Gasteiger partial charge is 0.422 e. The molecule has 0 bridgehead atoms. The van der Waals surface area contributed by atoms with Crippen LogP contribution in [-0.2, 0) is 20.4 Å². The van der Waals surface area contributed by atoms with Gasteiger partial charge in [0, 0.05) is 39.6 Å². The molecule has 2 aliphatic rings. The van der Waals surface area contributed by atoms with Crippen LogP contribution in [-0.4, -0.2) is 57.6 Å². The first kappa shape index (κ1) is 26.7. The number of rotatable bonds is 10. The van der Waals surface area contributed by atoms with Crippen LogP contribution in [0, 0.1) is 5.82 Å². The molecule has 1 saturated heterocycles. The van der Waals surface area contributed by atoms with E-state index in [1.165, 1.54) is 19.4 Å². The van der Waals surface area contributed by atoms with E-state index >= 15 is 0 Å². The molecule has 2 aliphatic heterocycles. The average Bonchev–Trinajstić information content (AvgIpc) is 2.75. The van der Waals surface area contributed by atoms with Crippen LogP contribution in [0.25, 0.3) is 0 Å². The molecule has 13 heteroatoms. The van der Waals surface area contributed by atoms with E-state index < -0.39 is 35.1 Å². The number of nitrogens with zero attached hydrogens (tertiary/aromatic N) is 2. The first-order valence-electron chi connectivity index (χ1n) is 10.3. The molecule has 0 spiro atoms. The summed E-state index contributed by atoms with van der Waals surface area (Å²) in [6, 6.07) is 0.755. The van der Waals surface area contributed by atoms with Crippen LogP contribution >= 0.6 is 0 Å². The fourth-order valence-corrected chi connectivity index (χ4v) is 4.66. The van der Waals surface area contributed by atoms with Gasteiger partial charge in [0.05, 0.1) is 31.7 Å². The van der Waals surface area contributed by atoms with Gasteiger partial charge in [0.2, 0.25) is 0 Å². The third-order valence-electron chi connectivity index (χ3n) is 4.74. The monoisotopic (exact) mass is 519 g/mol. The van der Waals surface area contributed by atoms with Crippen molar-refractivity contribution in [3.05, 3.63) is 65.9 Å². The van der Waals surface area contributed by atoms with Crippen LogP contribution in [0.4, 0.5) is 17.6 Å². The fraction of sp³-hybridized carbons (Fsp3) is 0.409. The molecule has 192 valence electrons. The number of allylic oxidation sites excluding steroid dienone is 2. The first-order valence-corrected chi connectivity index (χ1v) is 11.8. The van der Waals surface area contributed by atoms with E-state index in [4.69, 9.17) is 14.3 Å². The van der Waals surface area contributed by atoms with Gasteiger partial charge in [-0.25, -0.2) is 9.37 Å². The lowest BCUT2D eigenvalue weighted by Gasteiger charge is -2.37. The zero-order valence-electron chi connectivity index (χ0n) is 19.3. The van der Waals surface area contributed by atoms with E-state index in [1.807, 2.05) is 6.92 Å². The van der Waals surface area contributed by atoms with Gasteiger partial charge in [0.1, 0.15) is 11.6 Å². The molecule has 8 nitrogen and oxygen atoms in total. The van der Waals surface area contributed by atoms with Crippen LogP contribution < -0.4 is 15.0 Å². The summed E-state index contributed by atoms with van der Waals surface area (Å²) >= 11 is 0. The Hall–Kier alpha value is -2.90. The molecule has 0 aromatic carbocycles. The number of halogens is 4. The normalized spacial score (nSPS) is 22.8. The molecule has 1 fully saturated rings. The Bertz CT molecular complexity index is 1080. The fourth-order valence-electron chi connectivity index (χ4n) is 3.21. The van der Waals surface area contributed by atoms with E-state index in [0.717, 1.165) is 12.3 Å². The Kier molecular flexibility index (Phi) is 8.23. The van der Waals surface area contributed by atoms with Crippen molar-refractivity contribution in [3.63, 3.8) is 0 Å². The maximum Gasteiger partial charge on any atom is 0.422 e. The van der Waals surface area contributed by atoms with Crippen LogP contribution in [0.1, 0.15) is 13.8 Å². The number of alkyl halides is 3. The third kappa shape index (κ3) is 7.29. The standard InChI is InChI=1S/C22H25F4N3O5S/c1-14(10-33-28-21(3)12-35(30)13-21)20(31-4)29-9-17(6-5-15(29)2)34-19-18(7-16(23)8-27-19)32-11-22(24,25)26/h5-9,28H,2,10-13H2,1,3-4H3/b20-14-. The van der Waals surface area contributed by atoms with E-state index in [1.54, 1.807) is 17.9 Å². The average molecular weight is 520 g/mol. The van der Waals surface area contributed by atoms with Crippen molar-refractivity contribution in [1.29, 1.82) is 0 Å². The summed E-state index contributed by atoms with van der Waals surface area (Å²) in [7, 11) is 0.608. The number of hydrogen-bond acceptors (Lipinski definition) is 8. The maximum absolute atomic E-state index is 13.5. The van der Waals surface area contributed by atoms with Crippen molar-refractivity contribution < 1.29 is 40.8 Å². The highest BCUT2D eigenvalue weighted by Crippen LogP contribution is 2.31. The van der Waals surface area contributed by atoms with Crippen LogP contribution in [0.5, 0.6) is 11.6 Å². The Morgan fingerprint density at radius 1 is 1.34 bits per heavy atom. The molecule has 0 radical (unpaired) electrons. The minimum Gasteiger partial charge on any atom is -0.482 e. The number of hydrogen-bond donors (Lipinski definition) is 1. The number of aromatic nitrogens is 1. The molecular formula is C22H25F4N3O5S. The third-order valence-corrected chi connectivity index (χ3v) is 6.66. The second-order valence-corrected chi connectivity index (χ2v) is 9.62. The topological polar surface area (TPSA) is 82.2 Å². The van der Waals surface area contributed by atoms with Gasteiger partial charge < -0.3 is 14.2 Å². The van der Waals surface area contributed by atoms with Crippen LogP contribution in [0.3, 0.4) is 0 Å². The van der Waals surface area contributed by atoms with Gasteiger partial charge in [-0.1, -0.05) is 6.58 Å². The largest absolute Gasteiger partial charge is 0.482 e. The highest BCUT2D eigenvalue weighted by Gasteiger charge is 2.38. The van der Waals surface area contributed by atoms with Crippen molar-refractivity contribution in [1.82, 2.24) is 15.4 Å². The van der Waals surface area contributed by atoms with Gasteiger partial charge in [-0.3, -0.25) is 13.9 Å². The van der Waals surface area contributed by atoms with Crippen molar-refractivity contribution >= 4 is 10.8 Å². The number of ether oxygens (including phenoxy) is 3. The Balaban J connectivity index is 1.74. The molecule has 1 aromatic rings. The van der Waals surface area contributed by atoms with Gasteiger partial charge in [0.15, 0.2) is 18.2 Å². The zero-order chi connectivity index (χ0) is 25.8. The Morgan fingerprint density at radius 3 is 2.69 bits per heavy atom.